The van der Waals surface area contributed by atoms with Gasteiger partial charge in [0.15, 0.2) is 0 Å². The highest BCUT2D eigenvalue weighted by atomic mass is 32.2. The van der Waals surface area contributed by atoms with Gasteiger partial charge in [-0.25, -0.2) is 5.48 Å². The summed E-state index contributed by atoms with van der Waals surface area (Å²) >= 11 is 3.54. The van der Waals surface area contributed by atoms with E-state index in [0.29, 0.717) is 5.56 Å². The van der Waals surface area contributed by atoms with Gasteiger partial charge in [-0.15, -0.1) is 23.5 Å². The lowest BCUT2D eigenvalue weighted by Gasteiger charge is -2.36. The normalized spacial score (nSPS) is 14.9. The number of hydrogen-bond donors (Lipinski definition) is 2. The van der Waals surface area contributed by atoms with Crippen LogP contribution in [0.25, 0.3) is 0 Å². The van der Waals surface area contributed by atoms with E-state index < -0.39 is 5.91 Å². The third kappa shape index (κ3) is 3.41. The van der Waals surface area contributed by atoms with E-state index >= 15 is 0 Å². The van der Waals surface area contributed by atoms with Gasteiger partial charge in [0.2, 0.25) is 0 Å². The topological polar surface area (TPSA) is 52.6 Å². The summed E-state index contributed by atoms with van der Waals surface area (Å²) in [4.78, 5) is 16.5. The zero-order valence-corrected chi connectivity index (χ0v) is 15.3. The van der Waals surface area contributed by atoms with Crippen molar-refractivity contribution in [3.63, 3.8) is 0 Å². The predicted octanol–water partition coefficient (Wildman–Crippen LogP) is 4.20. The second kappa shape index (κ2) is 7.51. The SMILES string of the molecule is CSc1ccc(C(C)N2CCSc3ccc(C(=O)NO)cc32)cc1. The number of thioether (sulfide) groups is 2. The number of anilines is 1. The maximum Gasteiger partial charge on any atom is 0.274 e. The minimum absolute atomic E-state index is 0.216. The Kier molecular flexibility index (Phi) is 5.38. The Labute approximate surface area is 150 Å². The maximum absolute atomic E-state index is 11.7. The third-order valence-electron chi connectivity index (χ3n) is 4.29. The molecule has 1 aliphatic rings. The van der Waals surface area contributed by atoms with Crippen molar-refractivity contribution in [2.24, 2.45) is 0 Å². The third-order valence-corrected chi connectivity index (χ3v) is 6.07. The van der Waals surface area contributed by atoms with Crippen molar-refractivity contribution < 1.29 is 10.0 Å². The van der Waals surface area contributed by atoms with E-state index in [2.05, 4.69) is 42.3 Å². The average Bonchev–Trinajstić information content (AvgIpc) is 2.66. The van der Waals surface area contributed by atoms with Crippen LogP contribution in [0.4, 0.5) is 5.69 Å². The summed E-state index contributed by atoms with van der Waals surface area (Å²) in [6, 6.07) is 14.4. The van der Waals surface area contributed by atoms with Gasteiger partial charge >= 0.3 is 0 Å². The van der Waals surface area contributed by atoms with Crippen molar-refractivity contribution in [2.45, 2.75) is 22.8 Å². The first-order chi connectivity index (χ1) is 11.6. The number of nitrogens with one attached hydrogen (secondary N) is 1. The summed E-state index contributed by atoms with van der Waals surface area (Å²) in [5.41, 5.74) is 4.48. The van der Waals surface area contributed by atoms with Gasteiger partial charge in [0.05, 0.1) is 11.7 Å². The van der Waals surface area contributed by atoms with Crippen molar-refractivity contribution in [2.75, 3.05) is 23.5 Å². The largest absolute Gasteiger partial charge is 0.363 e. The molecule has 0 fully saturated rings. The molecule has 24 heavy (non-hydrogen) atoms. The smallest absolute Gasteiger partial charge is 0.274 e. The Bertz CT molecular complexity index is 734. The number of hydroxylamine groups is 1. The average molecular weight is 361 g/mol. The molecule has 0 aromatic heterocycles. The van der Waals surface area contributed by atoms with Gasteiger partial charge in [0.1, 0.15) is 0 Å². The molecule has 1 amide bonds. The van der Waals surface area contributed by atoms with Crippen molar-refractivity contribution in [3.8, 4) is 0 Å². The van der Waals surface area contributed by atoms with Crippen LogP contribution in [0.1, 0.15) is 28.9 Å². The summed E-state index contributed by atoms with van der Waals surface area (Å²) in [7, 11) is 0. The van der Waals surface area contributed by atoms with Crippen LogP contribution in [0.15, 0.2) is 52.3 Å². The van der Waals surface area contributed by atoms with Crippen LogP contribution < -0.4 is 10.4 Å². The van der Waals surface area contributed by atoms with Gasteiger partial charge in [-0.3, -0.25) is 10.0 Å². The second-order valence-corrected chi connectivity index (χ2v) is 7.63. The highest BCUT2D eigenvalue weighted by Crippen LogP contribution is 2.39. The molecule has 6 heteroatoms. The Morgan fingerprint density at radius 1 is 1.29 bits per heavy atom. The van der Waals surface area contributed by atoms with Crippen LogP contribution in [0.5, 0.6) is 0 Å². The second-order valence-electron chi connectivity index (χ2n) is 5.61. The Hall–Kier alpha value is -1.63. The Morgan fingerprint density at radius 3 is 2.71 bits per heavy atom. The molecular formula is C18H20N2O2S2. The minimum Gasteiger partial charge on any atom is -0.363 e. The molecular weight excluding hydrogens is 340 g/mol. The minimum atomic E-state index is -0.481. The van der Waals surface area contributed by atoms with Crippen molar-refractivity contribution in [1.82, 2.24) is 5.48 Å². The lowest BCUT2D eigenvalue weighted by molar-refractivity contribution is 0.0706. The molecule has 2 aromatic carbocycles. The van der Waals surface area contributed by atoms with Gasteiger partial charge < -0.3 is 4.90 Å². The molecule has 4 nitrogen and oxygen atoms in total. The van der Waals surface area contributed by atoms with Crippen LogP contribution in [0, 0.1) is 0 Å². The first kappa shape index (κ1) is 17.2. The van der Waals surface area contributed by atoms with Crippen LogP contribution in [-0.4, -0.2) is 29.7 Å². The summed E-state index contributed by atoms with van der Waals surface area (Å²) < 4.78 is 0. The van der Waals surface area contributed by atoms with Crippen molar-refractivity contribution in [3.05, 3.63) is 53.6 Å². The molecule has 0 radical (unpaired) electrons. The highest BCUT2D eigenvalue weighted by molar-refractivity contribution is 7.99. The summed E-state index contributed by atoms with van der Waals surface area (Å²) in [6.07, 6.45) is 2.07. The molecule has 0 spiro atoms. The van der Waals surface area contributed by atoms with Gasteiger partial charge in [0.25, 0.3) is 5.91 Å². The van der Waals surface area contributed by atoms with E-state index in [1.807, 2.05) is 12.1 Å². The monoisotopic (exact) mass is 360 g/mol. The molecule has 1 heterocycles. The zero-order valence-electron chi connectivity index (χ0n) is 13.7. The number of carbonyl (C=O) groups is 1. The molecule has 1 unspecified atom stereocenters. The van der Waals surface area contributed by atoms with E-state index in [0.717, 1.165) is 18.0 Å². The quantitative estimate of drug-likeness (QED) is 0.486. The number of hydrogen-bond acceptors (Lipinski definition) is 5. The van der Waals surface area contributed by atoms with Crippen molar-refractivity contribution >= 4 is 35.1 Å². The van der Waals surface area contributed by atoms with E-state index in [-0.39, 0.29) is 6.04 Å². The lowest BCUT2D eigenvalue weighted by atomic mass is 10.1. The predicted molar refractivity (Wildman–Crippen MR) is 100 cm³/mol. The van der Waals surface area contributed by atoms with Crippen LogP contribution >= 0.6 is 23.5 Å². The molecule has 0 aliphatic carbocycles. The Morgan fingerprint density at radius 2 is 2.04 bits per heavy atom. The van der Waals surface area contributed by atoms with Gasteiger partial charge in [-0.1, -0.05) is 12.1 Å². The molecule has 0 saturated carbocycles. The molecule has 0 bridgehead atoms. The molecule has 1 atom stereocenters. The number of carbonyl (C=O) groups excluding carboxylic acids is 1. The molecule has 2 aromatic rings. The van der Waals surface area contributed by atoms with Gasteiger partial charge in [-0.05, 0) is 49.1 Å². The fourth-order valence-electron chi connectivity index (χ4n) is 2.91. The lowest BCUT2D eigenvalue weighted by Crippen LogP contribution is -2.32. The standard InChI is InChI=1S/C18H20N2O2S2/c1-12(13-3-6-15(23-2)7-4-13)20-9-10-24-17-8-5-14(11-16(17)20)18(21)19-22/h3-8,11-12,22H,9-10H2,1-2H3,(H,19,21). The summed E-state index contributed by atoms with van der Waals surface area (Å²) in [5, 5.41) is 8.87. The molecule has 3 rings (SSSR count). The summed E-state index contributed by atoms with van der Waals surface area (Å²) in [5.74, 6) is 0.538. The Balaban J connectivity index is 1.93. The van der Waals surface area contributed by atoms with Crippen molar-refractivity contribution in [1.29, 1.82) is 0 Å². The zero-order chi connectivity index (χ0) is 17.1. The van der Waals surface area contributed by atoms with E-state index in [1.165, 1.54) is 15.4 Å². The number of nitrogens with zero attached hydrogens (tertiary/aromatic N) is 1. The van der Waals surface area contributed by atoms with E-state index in [1.54, 1.807) is 35.1 Å². The highest BCUT2D eigenvalue weighted by Gasteiger charge is 2.24. The van der Waals surface area contributed by atoms with Crippen LogP contribution in [-0.2, 0) is 0 Å². The first-order valence-corrected chi connectivity index (χ1v) is 9.97. The van der Waals surface area contributed by atoms with Gasteiger partial charge in [-0.2, -0.15) is 0 Å². The number of amides is 1. The fraction of sp³-hybridized carbons (Fsp3) is 0.278. The molecule has 1 aliphatic heterocycles. The molecule has 2 N–H and O–H groups in total. The number of rotatable bonds is 4. The summed E-state index contributed by atoms with van der Waals surface area (Å²) in [6.45, 7) is 3.11. The first-order valence-electron chi connectivity index (χ1n) is 7.76. The maximum atomic E-state index is 11.7. The van der Waals surface area contributed by atoms with E-state index in [9.17, 15) is 4.79 Å². The molecule has 0 saturated heterocycles. The fourth-order valence-corrected chi connectivity index (χ4v) is 4.31. The van der Waals surface area contributed by atoms with Gasteiger partial charge in [0, 0.05) is 27.7 Å². The van der Waals surface area contributed by atoms with Crippen LogP contribution in [0.2, 0.25) is 0 Å². The van der Waals surface area contributed by atoms with E-state index in [4.69, 9.17) is 5.21 Å². The molecule has 126 valence electrons. The number of fused-ring (bicyclic) bond motifs is 1. The van der Waals surface area contributed by atoms with Crippen LogP contribution in [0.3, 0.4) is 0 Å². The number of benzene rings is 2.